The van der Waals surface area contributed by atoms with Crippen molar-refractivity contribution in [3.63, 3.8) is 0 Å². The molecule has 0 aliphatic rings. The molecule has 1 aromatic heterocycles. The summed E-state index contributed by atoms with van der Waals surface area (Å²) < 4.78 is 0. The Hall–Kier alpha value is -0.380. The second-order valence-corrected chi connectivity index (χ2v) is 4.84. The third-order valence-electron chi connectivity index (χ3n) is 2.53. The summed E-state index contributed by atoms with van der Waals surface area (Å²) in [5, 5.41) is 16.6. The molecule has 15 heavy (non-hydrogen) atoms. The fourth-order valence-electron chi connectivity index (χ4n) is 1.46. The van der Waals surface area contributed by atoms with E-state index in [0.29, 0.717) is 12.5 Å². The van der Waals surface area contributed by atoms with Gasteiger partial charge in [0.2, 0.25) is 0 Å². The van der Waals surface area contributed by atoms with Gasteiger partial charge in [-0.05, 0) is 60.7 Å². The second-order valence-electron chi connectivity index (χ2n) is 4.06. The standard InChI is InChI=1S/C12H21NOS/c1-11(9-14)3-2-6-13-7-4-12-5-8-15-10-12/h5,8,10-11,13-14H,2-4,6-7,9H2,1H3. The minimum Gasteiger partial charge on any atom is -0.396 e. The molecule has 1 unspecified atom stereocenters. The summed E-state index contributed by atoms with van der Waals surface area (Å²) in [7, 11) is 0. The molecule has 0 fully saturated rings. The Balaban J connectivity index is 1.89. The summed E-state index contributed by atoms with van der Waals surface area (Å²) in [4.78, 5) is 0. The van der Waals surface area contributed by atoms with E-state index in [4.69, 9.17) is 5.11 Å². The lowest BCUT2D eigenvalue weighted by Gasteiger charge is -2.07. The number of nitrogens with one attached hydrogen (secondary N) is 1. The Bertz CT molecular complexity index is 236. The Morgan fingerprint density at radius 1 is 1.47 bits per heavy atom. The van der Waals surface area contributed by atoms with Gasteiger partial charge in [0.1, 0.15) is 0 Å². The Morgan fingerprint density at radius 2 is 2.33 bits per heavy atom. The zero-order chi connectivity index (χ0) is 10.9. The molecule has 0 amide bonds. The van der Waals surface area contributed by atoms with Gasteiger partial charge in [0, 0.05) is 6.61 Å². The van der Waals surface area contributed by atoms with E-state index < -0.39 is 0 Å². The van der Waals surface area contributed by atoms with Gasteiger partial charge in [-0.25, -0.2) is 0 Å². The Morgan fingerprint density at radius 3 is 3.00 bits per heavy atom. The summed E-state index contributed by atoms with van der Waals surface area (Å²) >= 11 is 1.76. The highest BCUT2D eigenvalue weighted by Crippen LogP contribution is 2.06. The molecule has 0 saturated carbocycles. The SMILES string of the molecule is CC(CO)CCCNCCc1ccsc1. The van der Waals surface area contributed by atoms with Crippen molar-refractivity contribution in [1.29, 1.82) is 0 Å². The first kappa shape index (κ1) is 12.7. The Labute approximate surface area is 96.3 Å². The van der Waals surface area contributed by atoms with E-state index in [-0.39, 0.29) is 0 Å². The van der Waals surface area contributed by atoms with Crippen LogP contribution in [-0.4, -0.2) is 24.8 Å². The van der Waals surface area contributed by atoms with Gasteiger partial charge in [-0.15, -0.1) is 0 Å². The molecule has 1 aromatic rings. The average molecular weight is 227 g/mol. The van der Waals surface area contributed by atoms with Crippen molar-refractivity contribution >= 4 is 11.3 Å². The van der Waals surface area contributed by atoms with Gasteiger partial charge < -0.3 is 10.4 Å². The van der Waals surface area contributed by atoms with Crippen molar-refractivity contribution < 1.29 is 5.11 Å². The van der Waals surface area contributed by atoms with E-state index in [9.17, 15) is 0 Å². The molecule has 0 saturated heterocycles. The molecule has 0 bridgehead atoms. The number of hydrogen-bond acceptors (Lipinski definition) is 3. The molecule has 0 radical (unpaired) electrons. The minimum atomic E-state index is 0.314. The molecule has 2 nitrogen and oxygen atoms in total. The molecule has 0 aromatic carbocycles. The molecule has 0 aliphatic carbocycles. The smallest absolute Gasteiger partial charge is 0.0456 e. The normalized spacial score (nSPS) is 12.9. The van der Waals surface area contributed by atoms with Crippen molar-refractivity contribution in [1.82, 2.24) is 5.32 Å². The highest BCUT2D eigenvalue weighted by Gasteiger charge is 1.98. The average Bonchev–Trinajstić information content (AvgIpc) is 2.75. The van der Waals surface area contributed by atoms with Gasteiger partial charge in [0.25, 0.3) is 0 Å². The number of rotatable bonds is 8. The van der Waals surface area contributed by atoms with Gasteiger partial charge in [0.15, 0.2) is 0 Å². The number of hydrogen-bond donors (Lipinski definition) is 2. The number of thiophene rings is 1. The van der Waals surface area contributed by atoms with E-state index >= 15 is 0 Å². The van der Waals surface area contributed by atoms with Crippen LogP contribution in [0.2, 0.25) is 0 Å². The molecule has 2 N–H and O–H groups in total. The third-order valence-corrected chi connectivity index (χ3v) is 3.26. The topological polar surface area (TPSA) is 32.3 Å². The van der Waals surface area contributed by atoms with Crippen molar-refractivity contribution in [2.75, 3.05) is 19.7 Å². The molecule has 0 aliphatic heterocycles. The predicted molar refractivity (Wildman–Crippen MR) is 66.4 cm³/mol. The highest BCUT2D eigenvalue weighted by atomic mass is 32.1. The van der Waals surface area contributed by atoms with Crippen molar-refractivity contribution in [3.05, 3.63) is 22.4 Å². The van der Waals surface area contributed by atoms with Gasteiger partial charge in [0.05, 0.1) is 0 Å². The van der Waals surface area contributed by atoms with Crippen LogP contribution in [0.15, 0.2) is 16.8 Å². The first-order valence-electron chi connectivity index (χ1n) is 5.65. The lowest BCUT2D eigenvalue weighted by Crippen LogP contribution is -2.19. The lowest BCUT2D eigenvalue weighted by molar-refractivity contribution is 0.228. The maximum atomic E-state index is 8.84. The summed E-state index contributed by atoms with van der Waals surface area (Å²) in [5.74, 6) is 0.448. The van der Waals surface area contributed by atoms with E-state index in [0.717, 1.165) is 32.4 Å². The van der Waals surface area contributed by atoms with Crippen molar-refractivity contribution in [2.24, 2.45) is 5.92 Å². The fraction of sp³-hybridized carbons (Fsp3) is 0.667. The van der Waals surface area contributed by atoms with Crippen LogP contribution in [0.4, 0.5) is 0 Å². The summed E-state index contributed by atoms with van der Waals surface area (Å²) in [6.45, 7) is 4.53. The fourth-order valence-corrected chi connectivity index (χ4v) is 2.16. The van der Waals surface area contributed by atoms with Gasteiger partial charge in [-0.3, -0.25) is 0 Å². The first-order valence-corrected chi connectivity index (χ1v) is 6.60. The van der Waals surface area contributed by atoms with Crippen LogP contribution >= 0.6 is 11.3 Å². The predicted octanol–water partition coefficient (Wildman–Crippen LogP) is 2.29. The summed E-state index contributed by atoms with van der Waals surface area (Å²) in [6.07, 6.45) is 3.40. The molecule has 1 heterocycles. The van der Waals surface area contributed by atoms with Crippen LogP contribution in [-0.2, 0) is 6.42 Å². The molecular formula is C12H21NOS. The monoisotopic (exact) mass is 227 g/mol. The maximum Gasteiger partial charge on any atom is 0.0456 e. The molecule has 86 valence electrons. The molecule has 1 rings (SSSR count). The first-order chi connectivity index (χ1) is 7.33. The van der Waals surface area contributed by atoms with E-state index in [1.165, 1.54) is 5.56 Å². The van der Waals surface area contributed by atoms with Crippen molar-refractivity contribution in [3.8, 4) is 0 Å². The van der Waals surface area contributed by atoms with Crippen LogP contribution in [0.5, 0.6) is 0 Å². The van der Waals surface area contributed by atoms with Crippen LogP contribution < -0.4 is 5.32 Å². The van der Waals surface area contributed by atoms with E-state index in [2.05, 4.69) is 29.1 Å². The number of aliphatic hydroxyl groups excluding tert-OH is 1. The van der Waals surface area contributed by atoms with Gasteiger partial charge in [-0.2, -0.15) is 11.3 Å². The molecule has 0 spiro atoms. The Kier molecular flexibility index (Phi) is 6.64. The van der Waals surface area contributed by atoms with Crippen LogP contribution in [0.25, 0.3) is 0 Å². The zero-order valence-electron chi connectivity index (χ0n) is 9.41. The molecule has 1 atom stereocenters. The maximum absolute atomic E-state index is 8.84. The second kappa shape index (κ2) is 7.85. The lowest BCUT2D eigenvalue weighted by atomic mass is 10.1. The van der Waals surface area contributed by atoms with Crippen LogP contribution in [0.1, 0.15) is 25.3 Å². The van der Waals surface area contributed by atoms with Gasteiger partial charge in [-0.1, -0.05) is 6.92 Å². The summed E-state index contributed by atoms with van der Waals surface area (Å²) in [6, 6.07) is 2.18. The van der Waals surface area contributed by atoms with E-state index in [1.54, 1.807) is 11.3 Å². The zero-order valence-corrected chi connectivity index (χ0v) is 10.2. The third kappa shape index (κ3) is 5.92. The largest absolute Gasteiger partial charge is 0.396 e. The quantitative estimate of drug-likeness (QED) is 0.668. The summed E-state index contributed by atoms with van der Waals surface area (Å²) in [5.41, 5.74) is 1.43. The molecular weight excluding hydrogens is 206 g/mol. The number of aliphatic hydroxyl groups is 1. The van der Waals surface area contributed by atoms with Crippen LogP contribution in [0.3, 0.4) is 0 Å². The van der Waals surface area contributed by atoms with Gasteiger partial charge >= 0.3 is 0 Å². The molecule has 3 heteroatoms. The van der Waals surface area contributed by atoms with E-state index in [1.807, 2.05) is 0 Å². The van der Waals surface area contributed by atoms with Crippen molar-refractivity contribution in [2.45, 2.75) is 26.2 Å². The highest BCUT2D eigenvalue weighted by molar-refractivity contribution is 7.07. The van der Waals surface area contributed by atoms with Crippen LogP contribution in [0, 0.1) is 5.92 Å². The minimum absolute atomic E-state index is 0.314.